The van der Waals surface area contributed by atoms with E-state index in [9.17, 15) is 8.42 Å². The van der Waals surface area contributed by atoms with Crippen molar-refractivity contribution in [3.05, 3.63) is 62.5 Å². The van der Waals surface area contributed by atoms with Crippen LogP contribution in [0, 0.1) is 18.8 Å². The number of rotatable bonds is 2. The van der Waals surface area contributed by atoms with E-state index in [-0.39, 0.29) is 11.8 Å². The fourth-order valence-electron chi connectivity index (χ4n) is 3.14. The molecule has 0 amide bonds. The molecule has 2 aliphatic carbocycles. The fourth-order valence-corrected chi connectivity index (χ4v) is 6.09. The molecular formula is C17H17BrO2S. The molecule has 21 heavy (non-hydrogen) atoms. The highest BCUT2D eigenvalue weighted by Gasteiger charge is 2.45. The highest BCUT2D eigenvalue weighted by molar-refractivity contribution is 9.11. The van der Waals surface area contributed by atoms with Gasteiger partial charge in [-0.25, -0.2) is 8.42 Å². The lowest BCUT2D eigenvalue weighted by molar-refractivity contribution is 0.599. The van der Waals surface area contributed by atoms with E-state index in [1.807, 2.05) is 39.0 Å². The molecule has 0 spiro atoms. The Kier molecular flexibility index (Phi) is 3.49. The standard InChI is InChI=1S/C17H17BrO2S/c1-10(2)15-13-8-9-14(15)17(16(13)18)21(19,20)12-6-4-11(3)5-7-12/h4-9,13-14H,1-3H3/t13-,14+/m0/s1. The van der Waals surface area contributed by atoms with Crippen LogP contribution in [-0.4, -0.2) is 8.42 Å². The van der Waals surface area contributed by atoms with Gasteiger partial charge >= 0.3 is 0 Å². The van der Waals surface area contributed by atoms with Gasteiger partial charge in [0.2, 0.25) is 9.84 Å². The third kappa shape index (κ3) is 2.16. The summed E-state index contributed by atoms with van der Waals surface area (Å²) in [6.45, 7) is 6.04. The monoisotopic (exact) mass is 364 g/mol. The highest BCUT2D eigenvalue weighted by atomic mass is 79.9. The number of allylic oxidation sites excluding steroid dienone is 6. The Labute approximate surface area is 134 Å². The van der Waals surface area contributed by atoms with Crippen LogP contribution in [-0.2, 0) is 9.84 Å². The van der Waals surface area contributed by atoms with Crippen molar-refractivity contribution in [1.82, 2.24) is 0 Å². The van der Waals surface area contributed by atoms with Crippen LogP contribution in [0.3, 0.4) is 0 Å². The SMILES string of the molecule is CC(C)=C1[C@@H]2C=C[C@H]1C(S(=O)(=O)c1ccc(C)cc1)=C2Br. The van der Waals surface area contributed by atoms with Crippen molar-refractivity contribution in [3.8, 4) is 0 Å². The van der Waals surface area contributed by atoms with Crippen LogP contribution >= 0.6 is 15.9 Å². The second-order valence-electron chi connectivity index (χ2n) is 5.82. The van der Waals surface area contributed by atoms with E-state index in [0.717, 1.165) is 10.0 Å². The Bertz CT molecular complexity index is 792. The Morgan fingerprint density at radius 2 is 1.62 bits per heavy atom. The molecule has 0 aliphatic heterocycles. The van der Waals surface area contributed by atoms with Crippen LogP contribution in [0.1, 0.15) is 19.4 Å². The van der Waals surface area contributed by atoms with Gasteiger partial charge in [-0.3, -0.25) is 0 Å². The quantitative estimate of drug-likeness (QED) is 0.722. The number of hydrogen-bond donors (Lipinski definition) is 0. The molecule has 2 bridgehead atoms. The van der Waals surface area contributed by atoms with E-state index in [0.29, 0.717) is 9.80 Å². The molecule has 0 aromatic heterocycles. The number of sulfone groups is 1. The Balaban J connectivity index is 2.13. The smallest absolute Gasteiger partial charge is 0.204 e. The summed E-state index contributed by atoms with van der Waals surface area (Å²) in [4.78, 5) is 0.879. The molecule has 110 valence electrons. The Hall–Kier alpha value is -1.13. The van der Waals surface area contributed by atoms with Gasteiger partial charge < -0.3 is 0 Å². The van der Waals surface area contributed by atoms with Crippen LogP contribution in [0.4, 0.5) is 0 Å². The molecule has 0 fully saturated rings. The van der Waals surface area contributed by atoms with Gasteiger partial charge in [0, 0.05) is 16.3 Å². The summed E-state index contributed by atoms with van der Waals surface area (Å²) < 4.78 is 26.7. The number of fused-ring (bicyclic) bond motifs is 2. The maximum Gasteiger partial charge on any atom is 0.204 e. The minimum atomic E-state index is -3.45. The predicted molar refractivity (Wildman–Crippen MR) is 88.8 cm³/mol. The fraction of sp³-hybridized carbons (Fsp3) is 0.294. The molecule has 0 saturated heterocycles. The molecule has 4 heteroatoms. The molecule has 0 N–H and O–H groups in total. The molecular weight excluding hydrogens is 348 g/mol. The molecule has 3 rings (SSSR count). The zero-order valence-corrected chi connectivity index (χ0v) is 14.6. The maximum absolute atomic E-state index is 13.0. The molecule has 1 aromatic rings. The van der Waals surface area contributed by atoms with Gasteiger partial charge in [0.1, 0.15) is 0 Å². The topological polar surface area (TPSA) is 34.1 Å². The van der Waals surface area contributed by atoms with E-state index < -0.39 is 9.84 Å². The van der Waals surface area contributed by atoms with Crippen molar-refractivity contribution < 1.29 is 8.42 Å². The second-order valence-corrected chi connectivity index (χ2v) is 8.60. The lowest BCUT2D eigenvalue weighted by atomic mass is 9.98. The highest BCUT2D eigenvalue weighted by Crippen LogP contribution is 2.54. The first-order chi connectivity index (χ1) is 9.84. The summed E-state index contributed by atoms with van der Waals surface area (Å²) in [6, 6.07) is 7.06. The number of hydrogen-bond acceptors (Lipinski definition) is 2. The molecule has 0 radical (unpaired) electrons. The van der Waals surface area contributed by atoms with Gasteiger partial charge in [0.25, 0.3) is 0 Å². The van der Waals surface area contributed by atoms with Crippen LogP contribution < -0.4 is 0 Å². The van der Waals surface area contributed by atoms with Gasteiger partial charge in [-0.1, -0.05) is 51.4 Å². The van der Waals surface area contributed by atoms with E-state index >= 15 is 0 Å². The summed E-state index contributed by atoms with van der Waals surface area (Å²) in [5.41, 5.74) is 3.45. The summed E-state index contributed by atoms with van der Waals surface area (Å²) in [5.74, 6) is -0.0177. The molecule has 0 unspecified atom stereocenters. The van der Waals surface area contributed by atoms with Crippen molar-refractivity contribution in [1.29, 1.82) is 0 Å². The largest absolute Gasteiger partial charge is 0.219 e. The van der Waals surface area contributed by atoms with Gasteiger partial charge in [-0.2, -0.15) is 0 Å². The van der Waals surface area contributed by atoms with Crippen molar-refractivity contribution >= 4 is 25.8 Å². The first-order valence-corrected chi connectivity index (χ1v) is 9.18. The zero-order chi connectivity index (χ0) is 15.4. The summed E-state index contributed by atoms with van der Waals surface area (Å²) in [7, 11) is -3.45. The van der Waals surface area contributed by atoms with Crippen LogP contribution in [0.5, 0.6) is 0 Å². The predicted octanol–water partition coefficient (Wildman–Crippen LogP) is 4.53. The van der Waals surface area contributed by atoms with Crippen LogP contribution in [0.2, 0.25) is 0 Å². The molecule has 1 aromatic carbocycles. The van der Waals surface area contributed by atoms with E-state index in [2.05, 4.69) is 22.0 Å². The first-order valence-electron chi connectivity index (χ1n) is 6.91. The zero-order valence-electron chi connectivity index (χ0n) is 12.2. The lowest BCUT2D eigenvalue weighted by Gasteiger charge is -2.14. The summed E-state index contributed by atoms with van der Waals surface area (Å²) >= 11 is 3.53. The molecule has 2 nitrogen and oxygen atoms in total. The Morgan fingerprint density at radius 3 is 2.14 bits per heavy atom. The number of halogens is 1. The van der Waals surface area contributed by atoms with Gasteiger partial charge in [0.15, 0.2) is 0 Å². The molecule has 2 aliphatic rings. The van der Waals surface area contributed by atoms with E-state index in [4.69, 9.17) is 0 Å². The molecule has 0 heterocycles. The van der Waals surface area contributed by atoms with Crippen molar-refractivity contribution in [2.45, 2.75) is 25.7 Å². The van der Waals surface area contributed by atoms with Crippen molar-refractivity contribution in [3.63, 3.8) is 0 Å². The minimum absolute atomic E-state index is 0.0928. The first kappa shape index (κ1) is 14.8. The molecule has 2 atom stereocenters. The lowest BCUT2D eigenvalue weighted by Crippen LogP contribution is -2.11. The third-order valence-electron chi connectivity index (χ3n) is 4.16. The van der Waals surface area contributed by atoms with Crippen LogP contribution in [0.25, 0.3) is 0 Å². The van der Waals surface area contributed by atoms with Gasteiger partial charge in [0.05, 0.1) is 9.80 Å². The van der Waals surface area contributed by atoms with Gasteiger partial charge in [-0.05, 0) is 38.5 Å². The summed E-state index contributed by atoms with van der Waals surface area (Å²) in [6.07, 6.45) is 4.10. The second kappa shape index (κ2) is 4.96. The van der Waals surface area contributed by atoms with Crippen LogP contribution in [0.15, 0.2) is 61.8 Å². The summed E-state index contributed by atoms with van der Waals surface area (Å²) in [5, 5.41) is 0. The van der Waals surface area contributed by atoms with E-state index in [1.54, 1.807) is 12.1 Å². The normalized spacial score (nSPS) is 24.1. The average Bonchev–Trinajstić information content (AvgIpc) is 2.94. The average molecular weight is 365 g/mol. The van der Waals surface area contributed by atoms with E-state index in [1.165, 1.54) is 11.1 Å². The Morgan fingerprint density at radius 1 is 1.05 bits per heavy atom. The molecule has 0 saturated carbocycles. The number of aryl methyl sites for hydroxylation is 1. The third-order valence-corrected chi connectivity index (χ3v) is 7.28. The minimum Gasteiger partial charge on any atom is -0.219 e. The van der Waals surface area contributed by atoms with Crippen molar-refractivity contribution in [2.24, 2.45) is 11.8 Å². The maximum atomic E-state index is 13.0. The van der Waals surface area contributed by atoms with Gasteiger partial charge in [-0.15, -0.1) is 0 Å². The number of benzene rings is 1. The van der Waals surface area contributed by atoms with Crippen molar-refractivity contribution in [2.75, 3.05) is 0 Å².